The number of carbonyl (C=O) groups excluding carboxylic acids is 1. The summed E-state index contributed by atoms with van der Waals surface area (Å²) in [6, 6.07) is 0.321. The molecule has 0 radical (unpaired) electrons. The fourth-order valence-electron chi connectivity index (χ4n) is 4.73. The molecule has 7 heteroatoms. The van der Waals surface area contributed by atoms with E-state index in [0.717, 1.165) is 57.9 Å². The lowest BCUT2D eigenvalue weighted by Crippen LogP contribution is -2.45. The van der Waals surface area contributed by atoms with Crippen LogP contribution in [0.1, 0.15) is 58.8 Å². The molecule has 0 aromatic rings. The van der Waals surface area contributed by atoms with Gasteiger partial charge in [0.15, 0.2) is 5.96 Å². The van der Waals surface area contributed by atoms with Gasteiger partial charge in [-0.2, -0.15) is 0 Å². The van der Waals surface area contributed by atoms with Gasteiger partial charge in [0.2, 0.25) is 5.91 Å². The van der Waals surface area contributed by atoms with Crippen LogP contribution in [0.4, 0.5) is 0 Å². The minimum absolute atomic E-state index is 0. The Bertz CT molecular complexity index is 503. The number of amides is 1. The first kappa shape index (κ1) is 23.7. The minimum Gasteiger partial charge on any atom is -0.357 e. The van der Waals surface area contributed by atoms with Crippen LogP contribution in [0.5, 0.6) is 0 Å². The lowest BCUT2D eigenvalue weighted by molar-refractivity contribution is -0.134. The molecule has 6 nitrogen and oxygen atoms in total. The van der Waals surface area contributed by atoms with Gasteiger partial charge >= 0.3 is 0 Å². The number of nitrogens with zero attached hydrogens (tertiary/aromatic N) is 3. The van der Waals surface area contributed by atoms with E-state index in [9.17, 15) is 4.79 Å². The van der Waals surface area contributed by atoms with E-state index in [4.69, 9.17) is 4.99 Å². The van der Waals surface area contributed by atoms with E-state index in [0.29, 0.717) is 17.9 Å². The maximum absolute atomic E-state index is 12.6. The van der Waals surface area contributed by atoms with Gasteiger partial charge in [0.25, 0.3) is 0 Å². The van der Waals surface area contributed by atoms with Crippen molar-refractivity contribution in [1.29, 1.82) is 0 Å². The number of carbonyl (C=O) groups is 1. The zero-order chi connectivity index (χ0) is 19.1. The highest BCUT2D eigenvalue weighted by Crippen LogP contribution is 2.27. The molecule has 0 spiro atoms. The average Bonchev–Trinajstić information content (AvgIpc) is 3.41. The Kier molecular flexibility index (Phi) is 10.3. The molecular weight excluding hydrogens is 465 g/mol. The third-order valence-electron chi connectivity index (χ3n) is 6.22. The second kappa shape index (κ2) is 12.2. The van der Waals surface area contributed by atoms with Crippen molar-refractivity contribution < 1.29 is 4.79 Å². The number of hydrogen-bond donors (Lipinski definition) is 2. The molecule has 3 rings (SSSR count). The smallest absolute Gasteiger partial charge is 0.225 e. The van der Waals surface area contributed by atoms with Crippen molar-refractivity contribution in [2.24, 2.45) is 16.8 Å². The Balaban J connectivity index is 0.00000280. The fourth-order valence-corrected chi connectivity index (χ4v) is 4.73. The van der Waals surface area contributed by atoms with Gasteiger partial charge in [0.1, 0.15) is 0 Å². The van der Waals surface area contributed by atoms with Gasteiger partial charge in [-0.05, 0) is 58.0 Å². The largest absolute Gasteiger partial charge is 0.357 e. The number of hydrogen-bond acceptors (Lipinski definition) is 3. The number of nitrogens with one attached hydrogen (secondary N) is 2. The standard InChI is InChI=1S/C21H39N5O.HI/c1-3-22-21(23-14-17(2)15-25-11-6-7-12-25)24-19-10-13-26(16-19)20(27)18-8-4-5-9-18;/h17-19H,3-16H2,1-2H3,(H2,22,23,24);1H. The summed E-state index contributed by atoms with van der Waals surface area (Å²) in [4.78, 5) is 22.1. The van der Waals surface area contributed by atoms with E-state index in [2.05, 4.69) is 34.3 Å². The van der Waals surface area contributed by atoms with Crippen LogP contribution in [0.15, 0.2) is 4.99 Å². The van der Waals surface area contributed by atoms with Crippen molar-refractivity contribution >= 4 is 35.8 Å². The van der Waals surface area contributed by atoms with Crippen LogP contribution in [0.2, 0.25) is 0 Å². The highest BCUT2D eigenvalue weighted by atomic mass is 127. The first-order valence-corrected chi connectivity index (χ1v) is 11.2. The van der Waals surface area contributed by atoms with Crippen molar-refractivity contribution in [2.45, 2.75) is 64.8 Å². The highest BCUT2D eigenvalue weighted by Gasteiger charge is 2.32. The molecule has 1 aliphatic carbocycles. The molecule has 2 atom stereocenters. The number of aliphatic imine (C=N–C) groups is 1. The van der Waals surface area contributed by atoms with Crippen LogP contribution in [0.25, 0.3) is 0 Å². The molecule has 0 bridgehead atoms. The lowest BCUT2D eigenvalue weighted by Gasteiger charge is -2.22. The maximum Gasteiger partial charge on any atom is 0.225 e. The molecule has 3 aliphatic rings. The van der Waals surface area contributed by atoms with Crippen molar-refractivity contribution in [3.05, 3.63) is 0 Å². The van der Waals surface area contributed by atoms with Crippen molar-refractivity contribution in [2.75, 3.05) is 45.8 Å². The second-order valence-corrected chi connectivity index (χ2v) is 8.73. The fraction of sp³-hybridized carbons (Fsp3) is 0.905. The van der Waals surface area contributed by atoms with Gasteiger partial charge in [-0.25, -0.2) is 0 Å². The number of halogens is 1. The maximum atomic E-state index is 12.6. The molecule has 0 aromatic carbocycles. The molecule has 2 unspecified atom stereocenters. The molecule has 2 N–H and O–H groups in total. The molecule has 1 saturated carbocycles. The predicted octanol–water partition coefficient (Wildman–Crippen LogP) is 2.68. The van der Waals surface area contributed by atoms with Gasteiger partial charge in [-0.3, -0.25) is 9.79 Å². The Hall–Kier alpha value is -0.570. The normalized spacial score (nSPS) is 25.0. The van der Waals surface area contributed by atoms with Crippen LogP contribution < -0.4 is 10.6 Å². The summed E-state index contributed by atoms with van der Waals surface area (Å²) >= 11 is 0. The summed E-state index contributed by atoms with van der Waals surface area (Å²) in [5.74, 6) is 2.16. The second-order valence-electron chi connectivity index (χ2n) is 8.73. The van der Waals surface area contributed by atoms with Crippen molar-refractivity contribution in [3.63, 3.8) is 0 Å². The summed E-state index contributed by atoms with van der Waals surface area (Å²) in [5, 5.41) is 6.95. The molecule has 2 aliphatic heterocycles. The first-order chi connectivity index (χ1) is 13.2. The molecule has 2 saturated heterocycles. The summed E-state index contributed by atoms with van der Waals surface area (Å²) < 4.78 is 0. The zero-order valence-electron chi connectivity index (χ0n) is 17.8. The van der Waals surface area contributed by atoms with Gasteiger partial charge in [-0.1, -0.05) is 19.8 Å². The number of likely N-dealkylation sites (tertiary alicyclic amines) is 2. The first-order valence-electron chi connectivity index (χ1n) is 11.2. The van der Waals surface area contributed by atoms with Crippen LogP contribution >= 0.6 is 24.0 Å². The summed E-state index contributed by atoms with van der Waals surface area (Å²) in [6.07, 6.45) is 8.33. The van der Waals surface area contributed by atoms with Crippen LogP contribution in [0, 0.1) is 11.8 Å². The van der Waals surface area contributed by atoms with E-state index in [1.165, 1.54) is 38.8 Å². The third kappa shape index (κ3) is 7.04. The van der Waals surface area contributed by atoms with Gasteiger partial charge in [0.05, 0.1) is 0 Å². The highest BCUT2D eigenvalue weighted by molar-refractivity contribution is 14.0. The molecule has 0 aromatic heterocycles. The molecular formula is C21H40IN5O. The van der Waals surface area contributed by atoms with E-state index in [1.54, 1.807) is 0 Å². The SMILES string of the molecule is CCNC(=NCC(C)CN1CCCC1)NC1CCN(C(=O)C2CCCC2)C1.I. The van der Waals surface area contributed by atoms with Crippen LogP contribution in [-0.2, 0) is 4.79 Å². The summed E-state index contributed by atoms with van der Waals surface area (Å²) in [5.41, 5.74) is 0. The molecule has 2 heterocycles. The zero-order valence-corrected chi connectivity index (χ0v) is 20.1. The van der Waals surface area contributed by atoms with E-state index >= 15 is 0 Å². The van der Waals surface area contributed by atoms with E-state index < -0.39 is 0 Å². The van der Waals surface area contributed by atoms with E-state index in [1.807, 2.05) is 0 Å². The van der Waals surface area contributed by atoms with Gasteiger partial charge in [-0.15, -0.1) is 24.0 Å². The predicted molar refractivity (Wildman–Crippen MR) is 126 cm³/mol. The Morgan fingerprint density at radius 2 is 1.82 bits per heavy atom. The lowest BCUT2D eigenvalue weighted by atomic mass is 10.1. The number of guanidine groups is 1. The topological polar surface area (TPSA) is 60.0 Å². The Morgan fingerprint density at radius 1 is 1.11 bits per heavy atom. The third-order valence-corrected chi connectivity index (χ3v) is 6.22. The number of rotatable bonds is 7. The molecule has 162 valence electrons. The Labute approximate surface area is 188 Å². The average molecular weight is 505 g/mol. The summed E-state index contributed by atoms with van der Waals surface area (Å²) in [6.45, 7) is 11.5. The minimum atomic E-state index is 0. The summed E-state index contributed by atoms with van der Waals surface area (Å²) in [7, 11) is 0. The van der Waals surface area contributed by atoms with Gasteiger partial charge in [0, 0.05) is 44.7 Å². The molecule has 1 amide bonds. The van der Waals surface area contributed by atoms with Gasteiger partial charge < -0.3 is 20.4 Å². The molecule has 28 heavy (non-hydrogen) atoms. The Morgan fingerprint density at radius 3 is 2.50 bits per heavy atom. The monoisotopic (exact) mass is 505 g/mol. The van der Waals surface area contributed by atoms with Crippen molar-refractivity contribution in [3.8, 4) is 0 Å². The van der Waals surface area contributed by atoms with Crippen molar-refractivity contribution in [1.82, 2.24) is 20.4 Å². The quantitative estimate of drug-likeness (QED) is 0.318. The van der Waals surface area contributed by atoms with Crippen LogP contribution in [0.3, 0.4) is 0 Å². The van der Waals surface area contributed by atoms with E-state index in [-0.39, 0.29) is 29.9 Å². The molecule has 3 fully saturated rings. The van der Waals surface area contributed by atoms with Crippen LogP contribution in [-0.4, -0.2) is 73.5 Å².